The SMILES string of the molecule is CCCCCCCCCCCCCC(=O)OCCOCCOCCOCCOCCOCCOCCOCCOCCOCCOCCOCCOCCOCCOCCO. The molecule has 0 amide bonds. The Hall–Kier alpha value is -1.13. The first-order chi connectivity index (χ1) is 30.3. The van der Waals surface area contributed by atoms with Crippen LogP contribution < -0.4 is 0 Å². The van der Waals surface area contributed by atoms with Crippen LogP contribution in [0.1, 0.15) is 84.0 Å². The number of ether oxygens (including phenoxy) is 15. The molecular weight excluding hydrogens is 800 g/mol. The van der Waals surface area contributed by atoms with E-state index in [1.165, 1.54) is 57.8 Å². The third-order valence-corrected chi connectivity index (χ3v) is 8.55. The molecule has 0 rings (SSSR count). The highest BCUT2D eigenvalue weighted by Gasteiger charge is 2.03. The molecule has 0 fully saturated rings. The van der Waals surface area contributed by atoms with E-state index < -0.39 is 0 Å². The van der Waals surface area contributed by atoms with Crippen molar-refractivity contribution < 1.29 is 81.0 Å². The highest BCUT2D eigenvalue weighted by Crippen LogP contribution is 2.12. The van der Waals surface area contributed by atoms with Crippen molar-refractivity contribution >= 4 is 5.97 Å². The molecule has 0 radical (unpaired) electrons. The van der Waals surface area contributed by atoms with Gasteiger partial charge in [0.1, 0.15) is 6.61 Å². The van der Waals surface area contributed by atoms with Gasteiger partial charge in [-0.2, -0.15) is 0 Å². The van der Waals surface area contributed by atoms with Gasteiger partial charge in [0.25, 0.3) is 0 Å². The van der Waals surface area contributed by atoms with Crippen molar-refractivity contribution in [3.8, 4) is 0 Å². The maximum atomic E-state index is 11.9. The van der Waals surface area contributed by atoms with E-state index in [0.717, 1.165) is 12.8 Å². The lowest BCUT2D eigenvalue weighted by molar-refractivity contribution is -0.145. The molecule has 0 aliphatic heterocycles. The molecule has 0 bridgehead atoms. The Morgan fingerprint density at radius 3 is 0.705 bits per heavy atom. The summed E-state index contributed by atoms with van der Waals surface area (Å²) in [5.41, 5.74) is 0. The molecule has 0 saturated heterocycles. The fraction of sp³-hybridized carbons (Fsp3) is 0.977. The van der Waals surface area contributed by atoms with Crippen LogP contribution in [-0.4, -0.2) is 209 Å². The predicted octanol–water partition coefficient (Wildman–Crippen LogP) is 4.46. The third-order valence-electron chi connectivity index (χ3n) is 8.55. The van der Waals surface area contributed by atoms with E-state index in [1.54, 1.807) is 0 Å². The van der Waals surface area contributed by atoms with Crippen LogP contribution in [0.5, 0.6) is 0 Å². The minimum Gasteiger partial charge on any atom is -0.463 e. The molecule has 0 saturated carbocycles. The fourth-order valence-corrected chi connectivity index (χ4v) is 5.25. The highest BCUT2D eigenvalue weighted by atomic mass is 16.6. The van der Waals surface area contributed by atoms with Crippen molar-refractivity contribution in [2.75, 3.05) is 198 Å². The molecule has 0 heterocycles. The number of carbonyl (C=O) groups excluding carboxylic acids is 1. The van der Waals surface area contributed by atoms with Gasteiger partial charge in [-0.25, -0.2) is 0 Å². The van der Waals surface area contributed by atoms with Crippen molar-refractivity contribution in [1.29, 1.82) is 0 Å². The largest absolute Gasteiger partial charge is 0.463 e. The lowest BCUT2D eigenvalue weighted by atomic mass is 10.1. The van der Waals surface area contributed by atoms with Crippen LogP contribution in [0.15, 0.2) is 0 Å². The number of unbranched alkanes of at least 4 members (excludes halogenated alkanes) is 10. The first kappa shape index (κ1) is 59.9. The molecule has 0 spiro atoms. The molecule has 0 unspecified atom stereocenters. The second-order valence-electron chi connectivity index (χ2n) is 13.8. The second kappa shape index (κ2) is 56.9. The minimum absolute atomic E-state index is 0.0211. The molecular formula is C44H88O17. The topological polar surface area (TPSA) is 176 Å². The zero-order valence-electron chi connectivity index (χ0n) is 38.2. The number of hydrogen-bond acceptors (Lipinski definition) is 17. The number of rotatable bonds is 56. The molecule has 0 aromatic rings. The summed E-state index contributed by atoms with van der Waals surface area (Å²) in [6.45, 7) is 16.0. The van der Waals surface area contributed by atoms with Gasteiger partial charge < -0.3 is 76.2 Å². The normalized spacial score (nSPS) is 11.6. The maximum Gasteiger partial charge on any atom is 0.305 e. The highest BCUT2D eigenvalue weighted by molar-refractivity contribution is 5.69. The van der Waals surface area contributed by atoms with Gasteiger partial charge in [0.15, 0.2) is 0 Å². The lowest BCUT2D eigenvalue weighted by Gasteiger charge is -2.09. The van der Waals surface area contributed by atoms with Gasteiger partial charge in [-0.05, 0) is 6.42 Å². The molecule has 0 aliphatic rings. The molecule has 0 aromatic carbocycles. The average Bonchev–Trinajstić information content (AvgIpc) is 3.27. The summed E-state index contributed by atoms with van der Waals surface area (Å²) < 4.78 is 81.5. The standard InChI is InChI=1S/C44H88O17/c1-2-3-4-5-6-7-8-9-10-11-12-13-44(46)61-43-42-60-41-40-59-39-38-58-37-36-57-35-34-56-33-32-55-31-30-54-29-28-53-27-26-52-25-24-51-23-22-50-21-20-49-19-18-48-17-16-47-15-14-45/h45H,2-43H2,1H3. The smallest absolute Gasteiger partial charge is 0.305 e. The van der Waals surface area contributed by atoms with Crippen LogP contribution in [-0.2, 0) is 75.8 Å². The van der Waals surface area contributed by atoms with Crippen molar-refractivity contribution in [3.05, 3.63) is 0 Å². The van der Waals surface area contributed by atoms with Crippen LogP contribution in [0.3, 0.4) is 0 Å². The van der Waals surface area contributed by atoms with Crippen LogP contribution in [0.2, 0.25) is 0 Å². The number of aliphatic hydroxyl groups excluding tert-OH is 1. The summed E-state index contributed by atoms with van der Waals surface area (Å²) in [6.07, 6.45) is 14.4. The number of hydrogen-bond donors (Lipinski definition) is 1. The van der Waals surface area contributed by atoms with Crippen molar-refractivity contribution in [2.24, 2.45) is 0 Å². The van der Waals surface area contributed by atoms with Gasteiger partial charge >= 0.3 is 5.97 Å². The summed E-state index contributed by atoms with van der Waals surface area (Å²) in [5.74, 6) is -0.137. The number of esters is 1. The molecule has 366 valence electrons. The molecule has 17 nitrogen and oxygen atoms in total. The first-order valence-corrected chi connectivity index (χ1v) is 23.2. The summed E-state index contributed by atoms with van der Waals surface area (Å²) in [4.78, 5) is 11.9. The van der Waals surface area contributed by atoms with E-state index >= 15 is 0 Å². The number of aliphatic hydroxyl groups is 1. The predicted molar refractivity (Wildman–Crippen MR) is 231 cm³/mol. The second-order valence-corrected chi connectivity index (χ2v) is 13.8. The van der Waals surface area contributed by atoms with Gasteiger partial charge in [-0.3, -0.25) is 4.79 Å². The van der Waals surface area contributed by atoms with Crippen molar-refractivity contribution in [1.82, 2.24) is 0 Å². The maximum absolute atomic E-state index is 11.9. The van der Waals surface area contributed by atoms with Crippen LogP contribution in [0, 0.1) is 0 Å². The van der Waals surface area contributed by atoms with Crippen LogP contribution in [0.4, 0.5) is 0 Å². The fourth-order valence-electron chi connectivity index (χ4n) is 5.25. The Bertz CT molecular complexity index is 801. The Kier molecular flexibility index (Phi) is 55.8. The van der Waals surface area contributed by atoms with Gasteiger partial charge in [0, 0.05) is 6.42 Å². The Morgan fingerprint density at radius 2 is 0.475 bits per heavy atom. The van der Waals surface area contributed by atoms with Gasteiger partial charge in [-0.1, -0.05) is 71.1 Å². The molecule has 0 atom stereocenters. The minimum atomic E-state index is -0.137. The zero-order chi connectivity index (χ0) is 43.9. The molecule has 61 heavy (non-hydrogen) atoms. The van der Waals surface area contributed by atoms with Crippen molar-refractivity contribution in [2.45, 2.75) is 84.0 Å². The average molecular weight is 889 g/mol. The van der Waals surface area contributed by atoms with E-state index in [1.807, 2.05) is 0 Å². The molecule has 0 aliphatic carbocycles. The Balaban J connectivity index is 3.11. The summed E-state index contributed by atoms with van der Waals surface area (Å²) >= 11 is 0. The molecule has 0 aromatic heterocycles. The Labute approximate surface area is 368 Å². The monoisotopic (exact) mass is 889 g/mol. The molecule has 1 N–H and O–H groups in total. The van der Waals surface area contributed by atoms with Gasteiger partial charge in [-0.15, -0.1) is 0 Å². The zero-order valence-corrected chi connectivity index (χ0v) is 38.2. The first-order valence-electron chi connectivity index (χ1n) is 23.2. The van der Waals surface area contributed by atoms with E-state index in [2.05, 4.69) is 6.92 Å². The quantitative estimate of drug-likeness (QED) is 0.0669. The van der Waals surface area contributed by atoms with Gasteiger partial charge in [0.2, 0.25) is 0 Å². The van der Waals surface area contributed by atoms with Crippen LogP contribution >= 0.6 is 0 Å². The van der Waals surface area contributed by atoms with Crippen molar-refractivity contribution in [3.63, 3.8) is 0 Å². The third kappa shape index (κ3) is 56.9. The van der Waals surface area contributed by atoms with Gasteiger partial charge in [0.05, 0.1) is 192 Å². The van der Waals surface area contributed by atoms with E-state index in [-0.39, 0.29) is 19.2 Å². The summed E-state index contributed by atoms with van der Waals surface area (Å²) in [6, 6.07) is 0. The Morgan fingerprint density at radius 1 is 0.279 bits per heavy atom. The van der Waals surface area contributed by atoms with E-state index in [0.29, 0.717) is 191 Å². The van der Waals surface area contributed by atoms with E-state index in [9.17, 15) is 4.79 Å². The number of carbonyl (C=O) groups is 1. The summed E-state index contributed by atoms with van der Waals surface area (Å²) in [5, 5.41) is 8.60. The summed E-state index contributed by atoms with van der Waals surface area (Å²) in [7, 11) is 0. The molecule has 17 heteroatoms. The van der Waals surface area contributed by atoms with E-state index in [4.69, 9.17) is 76.2 Å². The lowest BCUT2D eigenvalue weighted by Crippen LogP contribution is -2.16. The van der Waals surface area contributed by atoms with Crippen LogP contribution in [0.25, 0.3) is 0 Å².